The minimum absolute atomic E-state index is 0.00274. The molecule has 0 saturated carbocycles. The molecule has 2 N–H and O–H groups in total. The lowest BCUT2D eigenvalue weighted by atomic mass is 9.96. The molecule has 0 fully saturated rings. The highest BCUT2D eigenvalue weighted by Gasteiger charge is 2.21. The van der Waals surface area contributed by atoms with Gasteiger partial charge in [-0.05, 0) is 24.1 Å². The van der Waals surface area contributed by atoms with E-state index in [9.17, 15) is 9.59 Å². The number of rotatable bonds is 5. The quantitative estimate of drug-likeness (QED) is 0.858. The van der Waals surface area contributed by atoms with Crippen LogP contribution in [0.2, 0.25) is 0 Å². The molecule has 6 nitrogen and oxygen atoms in total. The van der Waals surface area contributed by atoms with Crippen molar-refractivity contribution in [1.29, 1.82) is 0 Å². The van der Waals surface area contributed by atoms with E-state index in [2.05, 4.69) is 10.6 Å². The van der Waals surface area contributed by atoms with Crippen molar-refractivity contribution in [2.45, 2.75) is 27.2 Å². The predicted octanol–water partition coefficient (Wildman–Crippen LogP) is 1.24. The summed E-state index contributed by atoms with van der Waals surface area (Å²) in [6.07, 6.45) is 0.690. The van der Waals surface area contributed by atoms with E-state index in [0.717, 1.165) is 17.1 Å². The highest BCUT2D eigenvalue weighted by molar-refractivity contribution is 5.87. The first-order valence-corrected chi connectivity index (χ1v) is 7.30. The smallest absolute Gasteiger partial charge is 0.239 e. The van der Waals surface area contributed by atoms with Gasteiger partial charge in [0.05, 0.1) is 6.54 Å². The van der Waals surface area contributed by atoms with Crippen molar-refractivity contribution in [2.75, 3.05) is 19.9 Å². The molecule has 0 aromatic heterocycles. The van der Waals surface area contributed by atoms with Crippen molar-refractivity contribution in [3.05, 3.63) is 23.8 Å². The van der Waals surface area contributed by atoms with Gasteiger partial charge in [0.1, 0.15) is 0 Å². The number of hydrogen-bond acceptors (Lipinski definition) is 4. The van der Waals surface area contributed by atoms with Crippen LogP contribution in [0.4, 0.5) is 0 Å². The Bertz CT molecular complexity index is 564. The lowest BCUT2D eigenvalue weighted by Crippen LogP contribution is -2.42. The molecule has 1 heterocycles. The van der Waals surface area contributed by atoms with Crippen molar-refractivity contribution in [2.24, 2.45) is 5.41 Å². The minimum atomic E-state index is -0.493. The number of fused-ring (bicyclic) bond motifs is 1. The lowest BCUT2D eigenvalue weighted by molar-refractivity contribution is -0.131. The van der Waals surface area contributed by atoms with Gasteiger partial charge in [0.2, 0.25) is 18.6 Å². The monoisotopic (exact) mass is 306 g/mol. The maximum absolute atomic E-state index is 11.7. The molecular weight excluding hydrogens is 284 g/mol. The molecule has 6 heteroatoms. The van der Waals surface area contributed by atoms with Gasteiger partial charge in [-0.2, -0.15) is 0 Å². The second-order valence-corrected chi connectivity index (χ2v) is 6.22. The fraction of sp³-hybridized carbons (Fsp3) is 0.500. The number of carbonyl (C=O) groups is 2. The zero-order valence-corrected chi connectivity index (χ0v) is 13.2. The minimum Gasteiger partial charge on any atom is -0.454 e. The van der Waals surface area contributed by atoms with Crippen LogP contribution in [-0.4, -0.2) is 31.7 Å². The molecule has 2 amide bonds. The fourth-order valence-corrected chi connectivity index (χ4v) is 1.93. The average molecular weight is 306 g/mol. The molecular formula is C16H22N2O4. The molecule has 0 unspecified atom stereocenters. The summed E-state index contributed by atoms with van der Waals surface area (Å²) >= 11 is 0. The third-order valence-corrected chi connectivity index (χ3v) is 3.26. The summed E-state index contributed by atoms with van der Waals surface area (Å²) in [6.45, 7) is 6.17. The molecule has 0 spiro atoms. The van der Waals surface area contributed by atoms with Gasteiger partial charge < -0.3 is 20.1 Å². The Balaban J connectivity index is 1.70. The molecule has 0 saturated heterocycles. The third-order valence-electron chi connectivity index (χ3n) is 3.26. The molecule has 0 atom stereocenters. The maximum Gasteiger partial charge on any atom is 0.239 e. The van der Waals surface area contributed by atoms with E-state index in [1.807, 2.05) is 18.2 Å². The summed E-state index contributed by atoms with van der Waals surface area (Å²) in [5.74, 6) is 1.15. The van der Waals surface area contributed by atoms with Gasteiger partial charge in [-0.1, -0.05) is 26.8 Å². The molecule has 1 aliphatic heterocycles. The van der Waals surface area contributed by atoms with E-state index in [0.29, 0.717) is 13.0 Å². The standard InChI is InChI=1S/C16H22N2O4/c1-16(2,3)15(20)18-9-14(19)17-7-6-11-4-5-12-13(8-11)22-10-21-12/h4-5,8H,6-7,9-10H2,1-3H3,(H,17,19)(H,18,20). The molecule has 1 aliphatic rings. The molecule has 120 valence electrons. The van der Waals surface area contributed by atoms with Gasteiger partial charge in [0.25, 0.3) is 0 Å². The number of amides is 2. The van der Waals surface area contributed by atoms with Crippen LogP contribution in [0.3, 0.4) is 0 Å². The SMILES string of the molecule is CC(C)(C)C(=O)NCC(=O)NCCc1ccc2c(c1)OCO2. The topological polar surface area (TPSA) is 76.7 Å². The highest BCUT2D eigenvalue weighted by Crippen LogP contribution is 2.32. The first-order valence-electron chi connectivity index (χ1n) is 7.30. The molecule has 0 bridgehead atoms. The van der Waals surface area contributed by atoms with Crippen molar-refractivity contribution in [3.8, 4) is 11.5 Å². The van der Waals surface area contributed by atoms with E-state index >= 15 is 0 Å². The number of nitrogens with one attached hydrogen (secondary N) is 2. The van der Waals surface area contributed by atoms with E-state index in [1.165, 1.54) is 0 Å². The Morgan fingerprint density at radius 2 is 1.86 bits per heavy atom. The summed E-state index contributed by atoms with van der Waals surface area (Å²) in [6, 6.07) is 5.72. The summed E-state index contributed by atoms with van der Waals surface area (Å²) in [5, 5.41) is 5.40. The number of hydrogen-bond donors (Lipinski definition) is 2. The summed E-state index contributed by atoms with van der Waals surface area (Å²) in [4.78, 5) is 23.3. The number of benzene rings is 1. The fourth-order valence-electron chi connectivity index (χ4n) is 1.93. The maximum atomic E-state index is 11.7. The van der Waals surface area contributed by atoms with E-state index in [-0.39, 0.29) is 25.2 Å². The zero-order valence-electron chi connectivity index (χ0n) is 13.2. The summed E-state index contributed by atoms with van der Waals surface area (Å²) in [5.41, 5.74) is 0.565. The van der Waals surface area contributed by atoms with Gasteiger partial charge >= 0.3 is 0 Å². The van der Waals surface area contributed by atoms with Gasteiger partial charge in [-0.25, -0.2) is 0 Å². The zero-order chi connectivity index (χ0) is 16.2. The molecule has 22 heavy (non-hydrogen) atoms. The number of ether oxygens (including phenoxy) is 2. The molecule has 2 rings (SSSR count). The number of carbonyl (C=O) groups excluding carboxylic acids is 2. The first kappa shape index (κ1) is 16.1. The Morgan fingerprint density at radius 1 is 1.14 bits per heavy atom. The Kier molecular flexibility index (Phi) is 4.90. The van der Waals surface area contributed by atoms with Gasteiger partial charge in [-0.15, -0.1) is 0 Å². The van der Waals surface area contributed by atoms with E-state index in [1.54, 1.807) is 20.8 Å². The Morgan fingerprint density at radius 3 is 2.59 bits per heavy atom. The largest absolute Gasteiger partial charge is 0.454 e. The van der Waals surface area contributed by atoms with Crippen LogP contribution >= 0.6 is 0 Å². The first-order chi connectivity index (χ1) is 10.4. The van der Waals surface area contributed by atoms with Gasteiger partial charge in [-0.3, -0.25) is 9.59 Å². The Hall–Kier alpha value is -2.24. The average Bonchev–Trinajstić information content (AvgIpc) is 2.91. The highest BCUT2D eigenvalue weighted by atomic mass is 16.7. The van der Waals surface area contributed by atoms with Crippen LogP contribution in [0.1, 0.15) is 26.3 Å². The van der Waals surface area contributed by atoms with Gasteiger partial charge in [0, 0.05) is 12.0 Å². The lowest BCUT2D eigenvalue weighted by Gasteiger charge is -2.17. The van der Waals surface area contributed by atoms with Crippen LogP contribution < -0.4 is 20.1 Å². The van der Waals surface area contributed by atoms with E-state index in [4.69, 9.17) is 9.47 Å². The molecule has 1 aromatic carbocycles. The van der Waals surface area contributed by atoms with Crippen LogP contribution in [0.5, 0.6) is 11.5 Å². The van der Waals surface area contributed by atoms with Crippen molar-refractivity contribution >= 4 is 11.8 Å². The third kappa shape index (κ3) is 4.38. The Labute approximate surface area is 130 Å². The normalized spacial score (nSPS) is 12.9. The van der Waals surface area contributed by atoms with Crippen molar-refractivity contribution in [1.82, 2.24) is 10.6 Å². The van der Waals surface area contributed by atoms with Crippen LogP contribution in [0, 0.1) is 5.41 Å². The molecule has 0 radical (unpaired) electrons. The second-order valence-electron chi connectivity index (χ2n) is 6.22. The van der Waals surface area contributed by atoms with Crippen molar-refractivity contribution in [3.63, 3.8) is 0 Å². The van der Waals surface area contributed by atoms with E-state index < -0.39 is 5.41 Å². The molecule has 1 aromatic rings. The molecule has 0 aliphatic carbocycles. The summed E-state index contributed by atoms with van der Waals surface area (Å²) < 4.78 is 10.6. The predicted molar refractivity (Wildman–Crippen MR) is 81.7 cm³/mol. The van der Waals surface area contributed by atoms with Crippen molar-refractivity contribution < 1.29 is 19.1 Å². The summed E-state index contributed by atoms with van der Waals surface area (Å²) in [7, 11) is 0. The van der Waals surface area contributed by atoms with Crippen LogP contribution in [-0.2, 0) is 16.0 Å². The van der Waals surface area contributed by atoms with Crippen LogP contribution in [0.15, 0.2) is 18.2 Å². The second kappa shape index (κ2) is 6.68. The van der Waals surface area contributed by atoms with Gasteiger partial charge in [0.15, 0.2) is 11.5 Å². The van der Waals surface area contributed by atoms with Crippen LogP contribution in [0.25, 0.3) is 0 Å².